The normalized spacial score (nSPS) is 12.2. The molecule has 1 atom stereocenters. The largest absolute Gasteiger partial charge is 0.399 e. The number of nitrogens with zero attached hydrogens (tertiary/aromatic N) is 2. The molecule has 2 aromatic rings. The van der Waals surface area contributed by atoms with Crippen LogP contribution in [0.15, 0.2) is 30.5 Å². The molecule has 0 saturated heterocycles. The molecule has 1 heterocycles. The Balaban J connectivity index is 2.13. The van der Waals surface area contributed by atoms with Crippen LogP contribution in [0.25, 0.3) is 0 Å². The number of carbonyl (C=O) groups is 1. The predicted octanol–water partition coefficient (Wildman–Crippen LogP) is 1.80. The van der Waals surface area contributed by atoms with Crippen LogP contribution in [0, 0.1) is 6.92 Å². The summed E-state index contributed by atoms with van der Waals surface area (Å²) in [6, 6.07) is 6.84. The van der Waals surface area contributed by atoms with Crippen LogP contribution in [0.2, 0.25) is 0 Å². The SMILES string of the molecule is Cc1c(C(C)NC(=O)c2cccc(N)c2)cnn1C. The van der Waals surface area contributed by atoms with Gasteiger partial charge in [-0.15, -0.1) is 0 Å². The van der Waals surface area contributed by atoms with Crippen molar-refractivity contribution in [2.75, 3.05) is 5.73 Å². The number of anilines is 1. The van der Waals surface area contributed by atoms with Gasteiger partial charge in [0, 0.05) is 29.6 Å². The molecule has 5 heteroatoms. The second kappa shape index (κ2) is 5.14. The number of nitrogens with one attached hydrogen (secondary N) is 1. The van der Waals surface area contributed by atoms with Crippen molar-refractivity contribution in [1.29, 1.82) is 0 Å². The van der Waals surface area contributed by atoms with Crippen molar-refractivity contribution >= 4 is 11.6 Å². The Morgan fingerprint density at radius 1 is 1.47 bits per heavy atom. The first-order valence-electron chi connectivity index (χ1n) is 6.14. The molecule has 1 amide bonds. The number of amides is 1. The van der Waals surface area contributed by atoms with Crippen LogP contribution < -0.4 is 11.1 Å². The van der Waals surface area contributed by atoms with Crippen LogP contribution in [0.5, 0.6) is 0 Å². The molecular weight excluding hydrogens is 240 g/mol. The standard InChI is InChI=1S/C14H18N4O/c1-9(13-8-16-18(3)10(13)2)17-14(19)11-5-4-6-12(15)7-11/h4-9H,15H2,1-3H3,(H,17,19). The van der Waals surface area contributed by atoms with Crippen molar-refractivity contribution in [3.8, 4) is 0 Å². The summed E-state index contributed by atoms with van der Waals surface area (Å²) in [6.45, 7) is 3.92. The Kier molecular flexibility index (Phi) is 3.55. The molecule has 0 aliphatic heterocycles. The lowest BCUT2D eigenvalue weighted by atomic mass is 10.1. The molecule has 0 radical (unpaired) electrons. The van der Waals surface area contributed by atoms with Crippen LogP contribution in [0.3, 0.4) is 0 Å². The highest BCUT2D eigenvalue weighted by Gasteiger charge is 2.15. The van der Waals surface area contributed by atoms with Crippen LogP contribution >= 0.6 is 0 Å². The van der Waals surface area contributed by atoms with E-state index in [4.69, 9.17) is 5.73 Å². The molecule has 3 N–H and O–H groups in total. The van der Waals surface area contributed by atoms with Gasteiger partial charge >= 0.3 is 0 Å². The highest BCUT2D eigenvalue weighted by molar-refractivity contribution is 5.95. The van der Waals surface area contributed by atoms with E-state index in [1.165, 1.54) is 0 Å². The molecule has 100 valence electrons. The third-order valence-electron chi connectivity index (χ3n) is 3.24. The fraction of sp³-hybridized carbons (Fsp3) is 0.286. The Bertz CT molecular complexity index is 603. The number of nitrogens with two attached hydrogens (primary N) is 1. The molecule has 0 aliphatic rings. The number of nitrogen functional groups attached to an aromatic ring is 1. The van der Waals surface area contributed by atoms with Gasteiger partial charge in [-0.25, -0.2) is 0 Å². The zero-order chi connectivity index (χ0) is 14.0. The minimum Gasteiger partial charge on any atom is -0.399 e. The topological polar surface area (TPSA) is 72.9 Å². The minimum atomic E-state index is -0.136. The van der Waals surface area contributed by atoms with E-state index in [2.05, 4.69) is 10.4 Å². The first-order chi connectivity index (χ1) is 8.99. The molecule has 0 spiro atoms. The van der Waals surface area contributed by atoms with Crippen LogP contribution in [-0.4, -0.2) is 15.7 Å². The number of hydrogen-bond donors (Lipinski definition) is 2. The highest BCUT2D eigenvalue weighted by atomic mass is 16.1. The van der Waals surface area contributed by atoms with E-state index in [0.717, 1.165) is 11.3 Å². The summed E-state index contributed by atoms with van der Waals surface area (Å²) < 4.78 is 1.79. The van der Waals surface area contributed by atoms with Gasteiger partial charge in [0.25, 0.3) is 5.91 Å². The molecule has 1 aromatic carbocycles. The first-order valence-corrected chi connectivity index (χ1v) is 6.14. The van der Waals surface area contributed by atoms with Gasteiger partial charge in [0.15, 0.2) is 0 Å². The molecule has 19 heavy (non-hydrogen) atoms. The predicted molar refractivity (Wildman–Crippen MR) is 74.7 cm³/mol. The quantitative estimate of drug-likeness (QED) is 0.824. The van der Waals surface area contributed by atoms with Crippen molar-refractivity contribution in [2.24, 2.45) is 7.05 Å². The molecule has 2 rings (SSSR count). The van der Waals surface area contributed by atoms with E-state index in [1.54, 1.807) is 35.1 Å². The Hall–Kier alpha value is -2.30. The zero-order valence-corrected chi connectivity index (χ0v) is 11.3. The molecule has 0 aliphatic carbocycles. The third kappa shape index (κ3) is 2.76. The van der Waals surface area contributed by atoms with Crippen LogP contribution in [-0.2, 0) is 7.05 Å². The first kappa shape index (κ1) is 13.1. The van der Waals surface area contributed by atoms with E-state index in [1.807, 2.05) is 20.9 Å². The molecule has 5 nitrogen and oxygen atoms in total. The van der Waals surface area contributed by atoms with Gasteiger partial charge < -0.3 is 11.1 Å². The van der Waals surface area contributed by atoms with Crippen molar-refractivity contribution < 1.29 is 4.79 Å². The smallest absolute Gasteiger partial charge is 0.251 e. The summed E-state index contributed by atoms with van der Waals surface area (Å²) in [6.07, 6.45) is 1.78. The van der Waals surface area contributed by atoms with E-state index >= 15 is 0 Å². The number of aromatic nitrogens is 2. The van der Waals surface area contributed by atoms with E-state index < -0.39 is 0 Å². The fourth-order valence-corrected chi connectivity index (χ4v) is 1.98. The average Bonchev–Trinajstić information content (AvgIpc) is 2.70. The number of benzene rings is 1. The highest BCUT2D eigenvalue weighted by Crippen LogP contribution is 2.17. The van der Waals surface area contributed by atoms with Crippen LogP contribution in [0.4, 0.5) is 5.69 Å². The Morgan fingerprint density at radius 2 is 2.21 bits per heavy atom. The lowest BCUT2D eigenvalue weighted by Crippen LogP contribution is -2.27. The van der Waals surface area contributed by atoms with E-state index in [9.17, 15) is 4.79 Å². The Morgan fingerprint density at radius 3 is 2.79 bits per heavy atom. The minimum absolute atomic E-state index is 0.0948. The van der Waals surface area contributed by atoms with E-state index in [0.29, 0.717) is 11.3 Å². The maximum Gasteiger partial charge on any atom is 0.251 e. The van der Waals surface area contributed by atoms with Crippen molar-refractivity contribution in [3.63, 3.8) is 0 Å². The summed E-state index contributed by atoms with van der Waals surface area (Å²) in [5.41, 5.74) is 8.87. The molecule has 1 aromatic heterocycles. The molecule has 0 bridgehead atoms. The summed E-state index contributed by atoms with van der Waals surface area (Å²) >= 11 is 0. The molecule has 1 unspecified atom stereocenters. The molecule has 0 saturated carbocycles. The number of hydrogen-bond acceptors (Lipinski definition) is 3. The van der Waals surface area contributed by atoms with Crippen molar-refractivity contribution in [2.45, 2.75) is 19.9 Å². The number of rotatable bonds is 3. The van der Waals surface area contributed by atoms with E-state index in [-0.39, 0.29) is 11.9 Å². The second-order valence-corrected chi connectivity index (χ2v) is 4.63. The molecule has 0 fully saturated rings. The number of carbonyl (C=O) groups excluding carboxylic acids is 1. The van der Waals surface area contributed by atoms with Gasteiger partial charge in [0.05, 0.1) is 12.2 Å². The lowest BCUT2D eigenvalue weighted by molar-refractivity contribution is 0.0940. The summed E-state index contributed by atoms with van der Waals surface area (Å²) in [5.74, 6) is -0.136. The summed E-state index contributed by atoms with van der Waals surface area (Å²) in [4.78, 5) is 12.1. The average molecular weight is 258 g/mol. The van der Waals surface area contributed by atoms with Gasteiger partial charge in [-0.2, -0.15) is 5.10 Å². The maximum atomic E-state index is 12.1. The summed E-state index contributed by atoms with van der Waals surface area (Å²) in [5, 5.41) is 7.12. The second-order valence-electron chi connectivity index (χ2n) is 4.63. The van der Waals surface area contributed by atoms with Gasteiger partial charge in [-0.3, -0.25) is 9.48 Å². The Labute approximate surface area is 112 Å². The molecular formula is C14H18N4O. The van der Waals surface area contributed by atoms with Gasteiger partial charge in [0.1, 0.15) is 0 Å². The maximum absolute atomic E-state index is 12.1. The van der Waals surface area contributed by atoms with Gasteiger partial charge in [-0.05, 0) is 32.0 Å². The van der Waals surface area contributed by atoms with Crippen molar-refractivity contribution in [1.82, 2.24) is 15.1 Å². The number of aryl methyl sites for hydroxylation is 1. The summed E-state index contributed by atoms with van der Waals surface area (Å²) in [7, 11) is 1.88. The van der Waals surface area contributed by atoms with Crippen LogP contribution in [0.1, 0.15) is 34.6 Å². The van der Waals surface area contributed by atoms with Gasteiger partial charge in [0.2, 0.25) is 0 Å². The van der Waals surface area contributed by atoms with Gasteiger partial charge in [-0.1, -0.05) is 6.07 Å². The lowest BCUT2D eigenvalue weighted by Gasteiger charge is -2.14. The monoisotopic (exact) mass is 258 g/mol. The van der Waals surface area contributed by atoms with Crippen molar-refractivity contribution in [3.05, 3.63) is 47.3 Å². The zero-order valence-electron chi connectivity index (χ0n) is 11.3. The fourth-order valence-electron chi connectivity index (χ4n) is 1.98. The third-order valence-corrected chi connectivity index (χ3v) is 3.24.